The zero-order valence-corrected chi connectivity index (χ0v) is 11.4. The third-order valence-corrected chi connectivity index (χ3v) is 2.74. The fourth-order valence-electron chi connectivity index (χ4n) is 1.55. The Morgan fingerprint density at radius 1 is 1.28 bits per heavy atom. The molecular weight excluding hydrogens is 226 g/mol. The largest absolute Gasteiger partial charge is 0.409 e. The third kappa shape index (κ3) is 5.19. The van der Waals surface area contributed by atoms with Crippen LogP contribution in [-0.4, -0.2) is 17.6 Å². The van der Waals surface area contributed by atoms with Gasteiger partial charge in [-0.05, 0) is 23.9 Å². The van der Waals surface area contributed by atoms with Gasteiger partial charge in [0.15, 0.2) is 5.84 Å². The Kier molecular flexibility index (Phi) is 5.16. The smallest absolute Gasteiger partial charge is 0.170 e. The average molecular weight is 249 g/mol. The standard InChI is InChI=1S/C14H23N3O/c1-14(2,3)8-9-16-10-11-4-6-12(7-5-11)13(15)17-18/h4-7,16,18H,8-10H2,1-3H3,(H2,15,17). The zero-order chi connectivity index (χ0) is 13.6. The normalized spacial score (nSPS) is 12.7. The first-order valence-corrected chi connectivity index (χ1v) is 6.20. The van der Waals surface area contributed by atoms with Gasteiger partial charge in [-0.25, -0.2) is 0 Å². The maximum absolute atomic E-state index is 8.56. The molecule has 0 fully saturated rings. The van der Waals surface area contributed by atoms with Gasteiger partial charge in [-0.15, -0.1) is 0 Å². The molecule has 0 aliphatic carbocycles. The minimum absolute atomic E-state index is 0.141. The van der Waals surface area contributed by atoms with Crippen LogP contribution in [0.5, 0.6) is 0 Å². The molecular formula is C14H23N3O. The number of hydrogen-bond donors (Lipinski definition) is 3. The first-order chi connectivity index (χ1) is 8.42. The lowest BCUT2D eigenvalue weighted by atomic mass is 9.92. The highest BCUT2D eigenvalue weighted by atomic mass is 16.4. The molecule has 0 saturated heterocycles. The molecule has 0 saturated carbocycles. The Hall–Kier alpha value is -1.55. The molecule has 100 valence electrons. The number of nitrogens with two attached hydrogens (primary N) is 1. The predicted molar refractivity (Wildman–Crippen MR) is 74.7 cm³/mol. The fraction of sp³-hybridized carbons (Fsp3) is 0.500. The first kappa shape index (κ1) is 14.5. The van der Waals surface area contributed by atoms with E-state index in [1.54, 1.807) is 0 Å². The summed E-state index contributed by atoms with van der Waals surface area (Å²) in [7, 11) is 0. The molecule has 0 atom stereocenters. The van der Waals surface area contributed by atoms with Gasteiger partial charge in [0, 0.05) is 12.1 Å². The Morgan fingerprint density at radius 3 is 2.39 bits per heavy atom. The lowest BCUT2D eigenvalue weighted by Gasteiger charge is -2.18. The van der Waals surface area contributed by atoms with Gasteiger partial charge in [0.1, 0.15) is 0 Å². The molecule has 0 aliphatic heterocycles. The van der Waals surface area contributed by atoms with E-state index < -0.39 is 0 Å². The number of oxime groups is 1. The van der Waals surface area contributed by atoms with E-state index in [1.165, 1.54) is 5.56 Å². The molecule has 4 heteroatoms. The van der Waals surface area contributed by atoms with Crippen molar-refractivity contribution in [1.82, 2.24) is 5.32 Å². The van der Waals surface area contributed by atoms with Crippen LogP contribution in [0.2, 0.25) is 0 Å². The van der Waals surface area contributed by atoms with Crippen molar-refractivity contribution in [2.24, 2.45) is 16.3 Å². The first-order valence-electron chi connectivity index (χ1n) is 6.20. The Balaban J connectivity index is 2.40. The van der Waals surface area contributed by atoms with Crippen molar-refractivity contribution >= 4 is 5.84 Å². The van der Waals surface area contributed by atoms with Crippen molar-refractivity contribution in [3.05, 3.63) is 35.4 Å². The van der Waals surface area contributed by atoms with E-state index in [2.05, 4.69) is 31.2 Å². The molecule has 1 rings (SSSR count). The molecule has 4 nitrogen and oxygen atoms in total. The highest BCUT2D eigenvalue weighted by Gasteiger charge is 2.08. The lowest BCUT2D eigenvalue weighted by molar-refractivity contribution is 0.318. The van der Waals surface area contributed by atoms with Crippen molar-refractivity contribution < 1.29 is 5.21 Å². The van der Waals surface area contributed by atoms with E-state index >= 15 is 0 Å². The van der Waals surface area contributed by atoms with Crippen LogP contribution >= 0.6 is 0 Å². The summed E-state index contributed by atoms with van der Waals surface area (Å²) in [5.41, 5.74) is 7.79. The second-order valence-electron chi connectivity index (χ2n) is 5.67. The van der Waals surface area contributed by atoms with Gasteiger partial charge in [-0.1, -0.05) is 50.2 Å². The third-order valence-electron chi connectivity index (χ3n) is 2.74. The van der Waals surface area contributed by atoms with Gasteiger partial charge in [-0.2, -0.15) is 0 Å². The second kappa shape index (κ2) is 6.40. The van der Waals surface area contributed by atoms with Crippen molar-refractivity contribution in [1.29, 1.82) is 0 Å². The van der Waals surface area contributed by atoms with E-state index in [4.69, 9.17) is 10.9 Å². The molecule has 0 unspecified atom stereocenters. The van der Waals surface area contributed by atoms with Gasteiger partial charge < -0.3 is 16.3 Å². The summed E-state index contributed by atoms with van der Waals surface area (Å²) in [5.74, 6) is 0.141. The SMILES string of the molecule is CC(C)(C)CCNCc1ccc(/C(N)=N/O)cc1. The van der Waals surface area contributed by atoms with Crippen molar-refractivity contribution in [3.8, 4) is 0 Å². The van der Waals surface area contributed by atoms with Crippen molar-refractivity contribution in [2.45, 2.75) is 33.7 Å². The number of benzene rings is 1. The maximum atomic E-state index is 8.56. The predicted octanol–water partition coefficient (Wildman–Crippen LogP) is 2.31. The van der Waals surface area contributed by atoms with Gasteiger partial charge in [-0.3, -0.25) is 0 Å². The van der Waals surface area contributed by atoms with Crippen LogP contribution < -0.4 is 11.1 Å². The Labute approximate surface area is 109 Å². The fourth-order valence-corrected chi connectivity index (χ4v) is 1.55. The number of nitrogens with one attached hydrogen (secondary N) is 1. The highest BCUT2D eigenvalue weighted by Crippen LogP contribution is 2.17. The molecule has 4 N–H and O–H groups in total. The van der Waals surface area contributed by atoms with E-state index in [1.807, 2.05) is 24.3 Å². The molecule has 0 heterocycles. The summed E-state index contributed by atoms with van der Waals surface area (Å²) in [6, 6.07) is 7.68. The molecule has 0 spiro atoms. The summed E-state index contributed by atoms with van der Waals surface area (Å²) in [6.07, 6.45) is 1.15. The lowest BCUT2D eigenvalue weighted by Crippen LogP contribution is -2.20. The van der Waals surface area contributed by atoms with Gasteiger partial charge in [0.05, 0.1) is 0 Å². The van der Waals surface area contributed by atoms with Gasteiger partial charge in [0.2, 0.25) is 0 Å². The van der Waals surface area contributed by atoms with Crippen LogP contribution in [0.1, 0.15) is 38.3 Å². The Morgan fingerprint density at radius 2 is 1.89 bits per heavy atom. The quantitative estimate of drug-likeness (QED) is 0.246. The monoisotopic (exact) mass is 249 g/mol. The van der Waals surface area contributed by atoms with Crippen LogP contribution in [0.4, 0.5) is 0 Å². The van der Waals surface area contributed by atoms with Crippen LogP contribution in [0.15, 0.2) is 29.4 Å². The average Bonchev–Trinajstić information content (AvgIpc) is 2.33. The minimum Gasteiger partial charge on any atom is -0.409 e. The van der Waals surface area contributed by atoms with Crippen LogP contribution in [0.3, 0.4) is 0 Å². The number of amidine groups is 1. The molecule has 0 aliphatic rings. The summed E-state index contributed by atoms with van der Waals surface area (Å²) in [5, 5.41) is 14.9. The van der Waals surface area contributed by atoms with Crippen molar-refractivity contribution in [2.75, 3.05) is 6.54 Å². The highest BCUT2D eigenvalue weighted by molar-refractivity contribution is 5.96. The van der Waals surface area contributed by atoms with Gasteiger partial charge >= 0.3 is 0 Å². The second-order valence-corrected chi connectivity index (χ2v) is 5.67. The van der Waals surface area contributed by atoms with E-state index in [0.717, 1.165) is 25.1 Å². The topological polar surface area (TPSA) is 70.6 Å². The Bertz CT molecular complexity index is 390. The van der Waals surface area contributed by atoms with Crippen molar-refractivity contribution in [3.63, 3.8) is 0 Å². The van der Waals surface area contributed by atoms with E-state index in [-0.39, 0.29) is 5.84 Å². The summed E-state index contributed by atoms with van der Waals surface area (Å²) >= 11 is 0. The molecule has 1 aromatic carbocycles. The molecule has 1 aromatic rings. The summed E-state index contributed by atoms with van der Waals surface area (Å²) < 4.78 is 0. The molecule has 0 amide bonds. The zero-order valence-electron chi connectivity index (χ0n) is 11.4. The van der Waals surface area contributed by atoms with Crippen LogP contribution in [0.25, 0.3) is 0 Å². The number of hydrogen-bond acceptors (Lipinski definition) is 3. The maximum Gasteiger partial charge on any atom is 0.170 e. The molecule has 18 heavy (non-hydrogen) atoms. The van der Waals surface area contributed by atoms with Crippen LogP contribution in [-0.2, 0) is 6.54 Å². The minimum atomic E-state index is 0.141. The summed E-state index contributed by atoms with van der Waals surface area (Å²) in [4.78, 5) is 0. The number of nitrogens with zero attached hydrogens (tertiary/aromatic N) is 1. The molecule has 0 radical (unpaired) electrons. The molecule has 0 aromatic heterocycles. The van der Waals surface area contributed by atoms with Crippen LogP contribution in [0, 0.1) is 5.41 Å². The van der Waals surface area contributed by atoms with Gasteiger partial charge in [0.25, 0.3) is 0 Å². The van der Waals surface area contributed by atoms with E-state index in [9.17, 15) is 0 Å². The molecule has 0 bridgehead atoms. The summed E-state index contributed by atoms with van der Waals surface area (Å²) in [6.45, 7) is 8.56. The number of rotatable bonds is 5. The van der Waals surface area contributed by atoms with E-state index in [0.29, 0.717) is 5.41 Å².